The predicted octanol–water partition coefficient (Wildman–Crippen LogP) is 3.32. The van der Waals surface area contributed by atoms with Gasteiger partial charge < -0.3 is 15.0 Å². The summed E-state index contributed by atoms with van der Waals surface area (Å²) in [7, 11) is -2.46. The molecule has 2 aromatic rings. The summed E-state index contributed by atoms with van der Waals surface area (Å²) < 4.78 is 45.4. The first-order valence-electron chi connectivity index (χ1n) is 11.5. The summed E-state index contributed by atoms with van der Waals surface area (Å²) in [6.45, 7) is 4.99. The molecule has 8 nitrogen and oxygen atoms in total. The molecule has 0 bridgehead atoms. The van der Waals surface area contributed by atoms with E-state index in [9.17, 15) is 22.4 Å². The zero-order chi connectivity index (χ0) is 26.2. The minimum absolute atomic E-state index is 0.0597. The van der Waals surface area contributed by atoms with Gasteiger partial charge in [-0.2, -0.15) is 0 Å². The summed E-state index contributed by atoms with van der Waals surface area (Å²) in [4.78, 5) is 28.0. The number of para-hydroxylation sites is 1. The van der Waals surface area contributed by atoms with Crippen LogP contribution in [0.3, 0.4) is 0 Å². The van der Waals surface area contributed by atoms with Gasteiger partial charge in [-0.05, 0) is 49.6 Å². The highest BCUT2D eigenvalue weighted by atomic mass is 32.2. The van der Waals surface area contributed by atoms with Crippen LogP contribution in [0.25, 0.3) is 0 Å². The van der Waals surface area contributed by atoms with Gasteiger partial charge in [0.05, 0.1) is 19.1 Å². The zero-order valence-electron chi connectivity index (χ0n) is 20.8. The summed E-state index contributed by atoms with van der Waals surface area (Å²) in [6.07, 6.45) is 1.93. The number of hydrogen-bond donors (Lipinski definition) is 1. The highest BCUT2D eigenvalue weighted by molar-refractivity contribution is 7.92. The normalized spacial score (nSPS) is 13.0. The number of methoxy groups -OCH3 is 1. The number of nitrogens with zero attached hydrogens (tertiary/aromatic N) is 2. The second kappa shape index (κ2) is 12.5. The summed E-state index contributed by atoms with van der Waals surface area (Å²) in [6, 6.07) is 11.4. The fourth-order valence-electron chi connectivity index (χ4n) is 3.54. The van der Waals surface area contributed by atoms with Crippen LogP contribution in [0.15, 0.2) is 48.5 Å². The van der Waals surface area contributed by atoms with Crippen molar-refractivity contribution in [1.82, 2.24) is 10.2 Å². The lowest BCUT2D eigenvalue weighted by Gasteiger charge is -2.33. The first kappa shape index (κ1) is 28.1. The summed E-state index contributed by atoms with van der Waals surface area (Å²) in [5.74, 6) is -1.09. The van der Waals surface area contributed by atoms with Gasteiger partial charge in [-0.3, -0.25) is 13.9 Å². The van der Waals surface area contributed by atoms with Crippen LogP contribution in [0.2, 0.25) is 0 Å². The van der Waals surface area contributed by atoms with Crippen molar-refractivity contribution in [2.45, 2.75) is 52.2 Å². The number of nitrogens with one attached hydrogen (secondary N) is 1. The fraction of sp³-hybridized carbons (Fsp3) is 0.440. The highest BCUT2D eigenvalue weighted by Gasteiger charge is 2.32. The molecule has 0 saturated carbocycles. The van der Waals surface area contributed by atoms with Crippen molar-refractivity contribution in [2.24, 2.45) is 0 Å². The number of amides is 2. The third-order valence-electron chi connectivity index (χ3n) is 5.70. The molecule has 0 aromatic heterocycles. The average Bonchev–Trinajstić information content (AvgIpc) is 2.82. The molecule has 0 unspecified atom stereocenters. The third-order valence-corrected chi connectivity index (χ3v) is 6.83. The standard InChI is InChI=1S/C25H34FN3O5S/c1-6-18(3)27-25(31)22(7-2)28(16-19-12-14-20(34-4)15-13-19)24(30)17-29(35(5,32)33)23-11-9-8-10-21(23)26/h8-15,18,22H,6-7,16-17H2,1-5H3,(H,27,31)/t18-,22-/m1/s1. The van der Waals surface area contributed by atoms with Crippen LogP contribution in [0.1, 0.15) is 39.2 Å². The number of carbonyl (C=O) groups is 2. The molecule has 0 radical (unpaired) electrons. The Morgan fingerprint density at radius 2 is 1.69 bits per heavy atom. The smallest absolute Gasteiger partial charge is 0.244 e. The average molecular weight is 508 g/mol. The molecule has 1 N–H and O–H groups in total. The van der Waals surface area contributed by atoms with Crippen molar-refractivity contribution >= 4 is 27.5 Å². The molecule has 2 rings (SSSR count). The van der Waals surface area contributed by atoms with Crippen LogP contribution in [0.5, 0.6) is 5.75 Å². The van der Waals surface area contributed by atoms with Gasteiger partial charge in [-0.15, -0.1) is 0 Å². The Kier molecular flexibility index (Phi) is 10.1. The van der Waals surface area contributed by atoms with Gasteiger partial charge in [0.15, 0.2) is 0 Å². The highest BCUT2D eigenvalue weighted by Crippen LogP contribution is 2.23. The first-order chi connectivity index (χ1) is 16.5. The largest absolute Gasteiger partial charge is 0.497 e. The van der Waals surface area contributed by atoms with Crippen LogP contribution in [0, 0.1) is 5.82 Å². The summed E-state index contributed by atoms with van der Waals surface area (Å²) >= 11 is 0. The molecule has 10 heteroatoms. The number of anilines is 1. The molecule has 192 valence electrons. The van der Waals surface area contributed by atoms with Gasteiger partial charge >= 0.3 is 0 Å². The maximum atomic E-state index is 14.5. The van der Waals surface area contributed by atoms with Crippen LogP contribution < -0.4 is 14.4 Å². The first-order valence-corrected chi connectivity index (χ1v) is 13.3. The molecule has 0 fully saturated rings. The Morgan fingerprint density at radius 3 is 2.20 bits per heavy atom. The van der Waals surface area contributed by atoms with Crippen molar-refractivity contribution in [3.8, 4) is 5.75 Å². The molecule has 0 heterocycles. The van der Waals surface area contributed by atoms with E-state index in [1.54, 1.807) is 38.3 Å². The molecule has 2 amide bonds. The van der Waals surface area contributed by atoms with Gasteiger partial charge in [0.25, 0.3) is 0 Å². The van der Waals surface area contributed by atoms with Crippen LogP contribution in [-0.4, -0.2) is 57.1 Å². The number of carbonyl (C=O) groups excluding carboxylic acids is 2. The number of rotatable bonds is 12. The molecule has 0 spiro atoms. The lowest BCUT2D eigenvalue weighted by molar-refractivity contribution is -0.140. The fourth-order valence-corrected chi connectivity index (χ4v) is 4.39. The van der Waals surface area contributed by atoms with E-state index in [4.69, 9.17) is 4.74 Å². The van der Waals surface area contributed by atoms with E-state index in [-0.39, 0.29) is 24.2 Å². The minimum Gasteiger partial charge on any atom is -0.497 e. The molecule has 2 atom stereocenters. The molecule has 35 heavy (non-hydrogen) atoms. The Balaban J connectivity index is 2.44. The Hall–Kier alpha value is -3.14. The lowest BCUT2D eigenvalue weighted by atomic mass is 10.1. The van der Waals surface area contributed by atoms with E-state index in [1.165, 1.54) is 23.1 Å². The Labute approximate surface area is 207 Å². The molecule has 0 aliphatic rings. The topological polar surface area (TPSA) is 96.0 Å². The van der Waals surface area contributed by atoms with Gasteiger partial charge in [0.1, 0.15) is 24.2 Å². The van der Waals surface area contributed by atoms with Crippen molar-refractivity contribution in [3.63, 3.8) is 0 Å². The van der Waals surface area contributed by atoms with Crippen molar-refractivity contribution in [3.05, 3.63) is 59.9 Å². The lowest BCUT2D eigenvalue weighted by Crippen LogP contribution is -2.53. The van der Waals surface area contributed by atoms with Gasteiger partial charge in [0.2, 0.25) is 21.8 Å². The van der Waals surface area contributed by atoms with Crippen LogP contribution in [0.4, 0.5) is 10.1 Å². The molecule has 2 aromatic carbocycles. The second-order valence-electron chi connectivity index (χ2n) is 8.33. The molecule has 0 aliphatic heterocycles. The van der Waals surface area contributed by atoms with Gasteiger partial charge in [-0.25, -0.2) is 12.8 Å². The van der Waals surface area contributed by atoms with Crippen molar-refractivity contribution < 1.29 is 27.1 Å². The van der Waals surface area contributed by atoms with Gasteiger partial charge in [-0.1, -0.05) is 38.1 Å². The number of ether oxygens (including phenoxy) is 1. The Bertz CT molecular complexity index is 1110. The van der Waals surface area contributed by atoms with E-state index in [1.807, 2.05) is 13.8 Å². The molecular weight excluding hydrogens is 473 g/mol. The van der Waals surface area contributed by atoms with Crippen molar-refractivity contribution in [1.29, 1.82) is 0 Å². The quantitative estimate of drug-likeness (QED) is 0.476. The third kappa shape index (κ3) is 7.68. The van der Waals surface area contributed by atoms with Crippen molar-refractivity contribution in [2.75, 3.05) is 24.2 Å². The predicted molar refractivity (Wildman–Crippen MR) is 134 cm³/mol. The van der Waals surface area contributed by atoms with Gasteiger partial charge in [0, 0.05) is 12.6 Å². The van der Waals surface area contributed by atoms with E-state index in [0.717, 1.165) is 22.2 Å². The summed E-state index contributed by atoms with van der Waals surface area (Å²) in [5.41, 5.74) is 0.496. The van der Waals surface area contributed by atoms with E-state index >= 15 is 0 Å². The summed E-state index contributed by atoms with van der Waals surface area (Å²) in [5, 5.41) is 2.90. The maximum Gasteiger partial charge on any atom is 0.244 e. The number of sulfonamides is 1. The SMILES string of the molecule is CC[C@@H](C)NC(=O)[C@@H](CC)N(Cc1ccc(OC)cc1)C(=O)CN(c1ccccc1F)S(C)(=O)=O. The second-order valence-corrected chi connectivity index (χ2v) is 10.2. The number of halogens is 1. The van der Waals surface area contributed by atoms with E-state index in [0.29, 0.717) is 18.6 Å². The number of benzene rings is 2. The van der Waals surface area contributed by atoms with E-state index < -0.39 is 34.3 Å². The maximum absolute atomic E-state index is 14.5. The zero-order valence-corrected chi connectivity index (χ0v) is 21.6. The minimum atomic E-state index is -4.00. The van der Waals surface area contributed by atoms with Crippen LogP contribution in [-0.2, 0) is 26.2 Å². The van der Waals surface area contributed by atoms with E-state index in [2.05, 4.69) is 5.32 Å². The monoisotopic (exact) mass is 507 g/mol. The molecular formula is C25H34FN3O5S. The molecule has 0 aliphatic carbocycles. The van der Waals surface area contributed by atoms with Crippen LogP contribution >= 0.6 is 0 Å². The Morgan fingerprint density at radius 1 is 1.06 bits per heavy atom. The number of hydrogen-bond acceptors (Lipinski definition) is 5. The molecule has 0 saturated heterocycles.